The highest BCUT2D eigenvalue weighted by atomic mass is 35.5. The lowest BCUT2D eigenvalue weighted by Gasteiger charge is -2.35. The molecule has 0 unspecified atom stereocenters. The van der Waals surface area contributed by atoms with Gasteiger partial charge in [0, 0.05) is 38.6 Å². The number of carbonyl (C=O) groups excluding carboxylic acids is 1. The molecule has 1 aliphatic rings. The monoisotopic (exact) mass is 450 g/mol. The second-order valence-electron chi connectivity index (χ2n) is 7.07. The fraction of sp³-hybridized carbons (Fsp3) is 0.300. The van der Waals surface area contributed by atoms with Crippen LogP contribution in [0.25, 0.3) is 5.82 Å². The summed E-state index contributed by atoms with van der Waals surface area (Å²) in [6.07, 6.45) is -0.705. The third kappa shape index (κ3) is 4.34. The predicted octanol–water partition coefficient (Wildman–Crippen LogP) is 3.61. The van der Waals surface area contributed by atoms with E-state index in [-0.39, 0.29) is 11.7 Å². The van der Waals surface area contributed by atoms with Crippen molar-refractivity contribution < 1.29 is 18.0 Å². The maximum Gasteiger partial charge on any atom is 0.417 e. The van der Waals surface area contributed by atoms with Crippen molar-refractivity contribution >= 4 is 23.3 Å². The Morgan fingerprint density at radius 3 is 2.23 bits per heavy atom. The van der Waals surface area contributed by atoms with Crippen molar-refractivity contribution in [1.82, 2.24) is 24.6 Å². The van der Waals surface area contributed by atoms with Gasteiger partial charge >= 0.3 is 6.18 Å². The number of pyridine rings is 2. The number of nitrogens with zero attached hydrogens (tertiary/aromatic N) is 6. The molecule has 0 bridgehead atoms. The molecule has 3 aromatic rings. The van der Waals surface area contributed by atoms with E-state index < -0.39 is 11.7 Å². The molecule has 1 amide bonds. The van der Waals surface area contributed by atoms with Crippen LogP contribution in [0.5, 0.6) is 0 Å². The number of halogens is 4. The Morgan fingerprint density at radius 2 is 1.65 bits per heavy atom. The highest BCUT2D eigenvalue weighted by molar-refractivity contribution is 6.30. The first-order valence-electron chi connectivity index (χ1n) is 9.48. The first-order chi connectivity index (χ1) is 14.7. The Hall–Kier alpha value is -3.14. The van der Waals surface area contributed by atoms with Crippen molar-refractivity contribution in [2.24, 2.45) is 0 Å². The Morgan fingerprint density at radius 1 is 0.968 bits per heavy atom. The van der Waals surface area contributed by atoms with Crippen LogP contribution in [0, 0.1) is 6.92 Å². The Bertz CT molecular complexity index is 1070. The van der Waals surface area contributed by atoms with Gasteiger partial charge in [0.05, 0.1) is 28.0 Å². The maximum atomic E-state index is 13.0. The van der Waals surface area contributed by atoms with Crippen molar-refractivity contribution in [3.63, 3.8) is 0 Å². The molecule has 11 heteroatoms. The number of amides is 1. The molecule has 3 aromatic heterocycles. The standard InChI is InChI=1S/C20H18ClF3N6O/c1-13-16(12-27-30(13)18-4-2-14(10-25-18)20(22,23)24)19(31)29-8-6-28(7-9-29)17-5-3-15(21)11-26-17/h2-5,10-12H,6-9H2,1H3. The molecule has 0 saturated carbocycles. The summed E-state index contributed by atoms with van der Waals surface area (Å²) < 4.78 is 39.6. The van der Waals surface area contributed by atoms with E-state index >= 15 is 0 Å². The molecule has 0 N–H and O–H groups in total. The van der Waals surface area contributed by atoms with E-state index in [1.165, 1.54) is 16.9 Å². The van der Waals surface area contributed by atoms with Gasteiger partial charge < -0.3 is 9.80 Å². The van der Waals surface area contributed by atoms with Crippen LogP contribution in [0.1, 0.15) is 21.6 Å². The van der Waals surface area contributed by atoms with Crippen molar-refractivity contribution in [3.8, 4) is 5.82 Å². The van der Waals surface area contributed by atoms with Gasteiger partial charge in [-0.2, -0.15) is 18.3 Å². The molecule has 0 aromatic carbocycles. The number of carbonyl (C=O) groups is 1. The minimum absolute atomic E-state index is 0.181. The molecule has 4 heterocycles. The second kappa shape index (κ2) is 8.18. The number of rotatable bonds is 3. The molecule has 0 spiro atoms. The van der Waals surface area contributed by atoms with Crippen LogP contribution in [-0.2, 0) is 6.18 Å². The van der Waals surface area contributed by atoms with Crippen LogP contribution in [0.2, 0.25) is 5.02 Å². The van der Waals surface area contributed by atoms with Gasteiger partial charge in [0.1, 0.15) is 5.82 Å². The minimum Gasteiger partial charge on any atom is -0.353 e. The minimum atomic E-state index is -4.46. The van der Waals surface area contributed by atoms with Gasteiger partial charge in [-0.15, -0.1) is 0 Å². The predicted molar refractivity (Wildman–Crippen MR) is 108 cm³/mol. The molecule has 1 saturated heterocycles. The zero-order chi connectivity index (χ0) is 22.2. The van der Waals surface area contributed by atoms with E-state index in [0.717, 1.165) is 18.1 Å². The number of piperazine rings is 1. The highest BCUT2D eigenvalue weighted by Gasteiger charge is 2.31. The Labute approximate surface area is 181 Å². The van der Waals surface area contributed by atoms with Gasteiger partial charge in [-0.1, -0.05) is 11.6 Å². The van der Waals surface area contributed by atoms with E-state index in [1.54, 1.807) is 24.1 Å². The second-order valence-corrected chi connectivity index (χ2v) is 7.51. The molecular formula is C20H18ClF3N6O. The SMILES string of the molecule is Cc1c(C(=O)N2CCN(c3ccc(Cl)cn3)CC2)cnn1-c1ccc(C(F)(F)F)cn1. The molecule has 7 nitrogen and oxygen atoms in total. The summed E-state index contributed by atoms with van der Waals surface area (Å²) in [6.45, 7) is 3.94. The number of alkyl halides is 3. The summed E-state index contributed by atoms with van der Waals surface area (Å²) >= 11 is 5.88. The Kier molecular flexibility index (Phi) is 5.57. The van der Waals surface area contributed by atoms with Crippen molar-refractivity contribution in [1.29, 1.82) is 0 Å². The fourth-order valence-electron chi connectivity index (χ4n) is 3.39. The molecular weight excluding hydrogens is 433 g/mol. The van der Waals surface area contributed by atoms with E-state index in [9.17, 15) is 18.0 Å². The third-order valence-electron chi connectivity index (χ3n) is 5.14. The van der Waals surface area contributed by atoms with Gasteiger partial charge in [-0.3, -0.25) is 4.79 Å². The number of hydrogen-bond donors (Lipinski definition) is 0. The summed E-state index contributed by atoms with van der Waals surface area (Å²) in [5.41, 5.74) is 0.0595. The molecule has 162 valence electrons. The van der Waals surface area contributed by atoms with E-state index in [4.69, 9.17) is 11.6 Å². The smallest absolute Gasteiger partial charge is 0.353 e. The van der Waals surface area contributed by atoms with Gasteiger partial charge in [-0.05, 0) is 31.2 Å². The lowest BCUT2D eigenvalue weighted by molar-refractivity contribution is -0.137. The van der Waals surface area contributed by atoms with Crippen LogP contribution in [-0.4, -0.2) is 56.7 Å². The zero-order valence-corrected chi connectivity index (χ0v) is 17.2. The maximum absolute atomic E-state index is 13.0. The highest BCUT2D eigenvalue weighted by Crippen LogP contribution is 2.29. The summed E-state index contributed by atoms with van der Waals surface area (Å²) in [7, 11) is 0. The molecule has 1 aliphatic heterocycles. The fourth-order valence-corrected chi connectivity index (χ4v) is 3.51. The van der Waals surface area contributed by atoms with Crippen LogP contribution < -0.4 is 4.90 Å². The lowest BCUT2D eigenvalue weighted by Crippen LogP contribution is -2.49. The van der Waals surface area contributed by atoms with Crippen molar-refractivity contribution in [2.75, 3.05) is 31.1 Å². The number of hydrogen-bond acceptors (Lipinski definition) is 5. The molecule has 4 rings (SSSR count). The quantitative estimate of drug-likeness (QED) is 0.610. The molecule has 0 atom stereocenters. The first-order valence-corrected chi connectivity index (χ1v) is 9.86. The van der Waals surface area contributed by atoms with Gasteiger partial charge in [0.15, 0.2) is 5.82 Å². The van der Waals surface area contributed by atoms with Crippen LogP contribution in [0.3, 0.4) is 0 Å². The van der Waals surface area contributed by atoms with Crippen molar-refractivity contribution in [3.05, 3.63) is 64.7 Å². The summed E-state index contributed by atoms with van der Waals surface area (Å²) in [4.78, 5) is 24.9. The molecule has 31 heavy (non-hydrogen) atoms. The number of anilines is 1. The first kappa shape index (κ1) is 21.1. The van der Waals surface area contributed by atoms with Crippen molar-refractivity contribution in [2.45, 2.75) is 13.1 Å². The van der Waals surface area contributed by atoms with Gasteiger partial charge in [0.25, 0.3) is 5.91 Å². The van der Waals surface area contributed by atoms with E-state index in [2.05, 4.69) is 20.0 Å². The van der Waals surface area contributed by atoms with Gasteiger partial charge in [0.2, 0.25) is 0 Å². The summed E-state index contributed by atoms with van der Waals surface area (Å²) in [6, 6.07) is 5.78. The van der Waals surface area contributed by atoms with Crippen LogP contribution in [0.15, 0.2) is 42.9 Å². The van der Waals surface area contributed by atoms with Crippen LogP contribution in [0.4, 0.5) is 19.0 Å². The molecule has 0 radical (unpaired) electrons. The Balaban J connectivity index is 1.45. The summed E-state index contributed by atoms with van der Waals surface area (Å²) in [5, 5.41) is 4.72. The molecule has 0 aliphatic carbocycles. The zero-order valence-electron chi connectivity index (χ0n) is 16.5. The summed E-state index contributed by atoms with van der Waals surface area (Å²) in [5.74, 6) is 0.830. The normalized spacial score (nSPS) is 14.7. The average Bonchev–Trinajstić information content (AvgIpc) is 3.14. The third-order valence-corrected chi connectivity index (χ3v) is 5.36. The van der Waals surface area contributed by atoms with Crippen LogP contribution >= 0.6 is 11.6 Å². The lowest BCUT2D eigenvalue weighted by atomic mass is 10.2. The van der Waals surface area contributed by atoms with E-state index in [0.29, 0.717) is 42.5 Å². The van der Waals surface area contributed by atoms with E-state index in [1.807, 2.05) is 6.07 Å². The average molecular weight is 451 g/mol. The largest absolute Gasteiger partial charge is 0.417 e. The number of aromatic nitrogens is 4. The molecule has 1 fully saturated rings. The van der Waals surface area contributed by atoms with Gasteiger partial charge in [-0.25, -0.2) is 14.6 Å². The topological polar surface area (TPSA) is 67.2 Å².